The van der Waals surface area contributed by atoms with Crippen molar-refractivity contribution in [2.75, 3.05) is 33.2 Å². The average molecular weight is 223 g/mol. The highest BCUT2D eigenvalue weighted by Gasteiger charge is 2.33. The van der Waals surface area contributed by atoms with Crippen molar-refractivity contribution in [3.8, 4) is 0 Å². The molecule has 1 saturated heterocycles. The van der Waals surface area contributed by atoms with Crippen LogP contribution in [0.5, 0.6) is 0 Å². The van der Waals surface area contributed by atoms with Gasteiger partial charge in [-0.15, -0.1) is 0 Å². The van der Waals surface area contributed by atoms with Crippen LogP contribution in [-0.2, 0) is 5.54 Å². The van der Waals surface area contributed by atoms with Crippen molar-refractivity contribution in [3.05, 3.63) is 17.5 Å². The normalized spacial score (nSPS) is 20.2. The molecule has 2 rings (SSSR count). The minimum Gasteiger partial charge on any atom is -0.361 e. The van der Waals surface area contributed by atoms with Crippen molar-refractivity contribution < 1.29 is 4.52 Å². The standard InChI is InChI=1S/C12H21N3O/c1-10-9-11(13-16-10)12(2,3)15-7-5-14(4)6-8-15/h9H,5-8H2,1-4H3. The molecule has 1 aliphatic heterocycles. The van der Waals surface area contributed by atoms with E-state index in [2.05, 4.69) is 35.9 Å². The molecule has 0 aromatic carbocycles. The summed E-state index contributed by atoms with van der Waals surface area (Å²) in [6.45, 7) is 10.8. The quantitative estimate of drug-likeness (QED) is 0.760. The fourth-order valence-corrected chi connectivity index (χ4v) is 2.18. The second-order valence-corrected chi connectivity index (χ2v) is 5.17. The van der Waals surface area contributed by atoms with Crippen LogP contribution in [0.25, 0.3) is 0 Å². The maximum absolute atomic E-state index is 5.18. The van der Waals surface area contributed by atoms with E-state index in [-0.39, 0.29) is 5.54 Å². The van der Waals surface area contributed by atoms with E-state index in [9.17, 15) is 0 Å². The van der Waals surface area contributed by atoms with Crippen LogP contribution in [-0.4, -0.2) is 48.2 Å². The Bertz CT molecular complexity index is 351. The SMILES string of the molecule is Cc1cc(C(C)(C)N2CCN(C)CC2)no1. The predicted octanol–water partition coefficient (Wildman–Crippen LogP) is 1.47. The maximum atomic E-state index is 5.18. The van der Waals surface area contributed by atoms with Crippen LogP contribution in [0.4, 0.5) is 0 Å². The van der Waals surface area contributed by atoms with Crippen LogP contribution in [0.15, 0.2) is 10.6 Å². The summed E-state index contributed by atoms with van der Waals surface area (Å²) in [5.74, 6) is 0.886. The van der Waals surface area contributed by atoms with Crippen molar-refractivity contribution >= 4 is 0 Å². The molecule has 0 N–H and O–H groups in total. The van der Waals surface area contributed by atoms with Gasteiger partial charge in [0.25, 0.3) is 0 Å². The molecule has 1 aliphatic rings. The molecular formula is C12H21N3O. The van der Waals surface area contributed by atoms with Crippen LogP contribution in [0.1, 0.15) is 25.3 Å². The lowest BCUT2D eigenvalue weighted by Gasteiger charge is -2.42. The van der Waals surface area contributed by atoms with Gasteiger partial charge < -0.3 is 9.42 Å². The Morgan fingerprint density at radius 1 is 1.25 bits per heavy atom. The van der Waals surface area contributed by atoms with Crippen molar-refractivity contribution in [1.29, 1.82) is 0 Å². The van der Waals surface area contributed by atoms with E-state index in [4.69, 9.17) is 4.52 Å². The molecule has 0 spiro atoms. The molecule has 0 amide bonds. The molecule has 1 aromatic heterocycles. The number of rotatable bonds is 2. The molecule has 4 heteroatoms. The highest BCUT2D eigenvalue weighted by Crippen LogP contribution is 2.27. The summed E-state index contributed by atoms with van der Waals surface area (Å²) >= 11 is 0. The Hall–Kier alpha value is -0.870. The Morgan fingerprint density at radius 3 is 2.38 bits per heavy atom. The van der Waals surface area contributed by atoms with E-state index >= 15 is 0 Å². The van der Waals surface area contributed by atoms with Crippen molar-refractivity contribution in [3.63, 3.8) is 0 Å². The molecule has 16 heavy (non-hydrogen) atoms. The number of nitrogens with zero attached hydrogens (tertiary/aromatic N) is 3. The van der Waals surface area contributed by atoms with Gasteiger partial charge >= 0.3 is 0 Å². The van der Waals surface area contributed by atoms with Gasteiger partial charge in [-0.1, -0.05) is 5.16 Å². The topological polar surface area (TPSA) is 32.5 Å². The third-order valence-corrected chi connectivity index (χ3v) is 3.55. The summed E-state index contributed by atoms with van der Waals surface area (Å²) in [5.41, 5.74) is 1.01. The average Bonchev–Trinajstić information content (AvgIpc) is 2.66. The van der Waals surface area contributed by atoms with Gasteiger partial charge in [-0.2, -0.15) is 0 Å². The van der Waals surface area contributed by atoms with Gasteiger partial charge in [-0.05, 0) is 27.8 Å². The minimum atomic E-state index is -0.0288. The highest BCUT2D eigenvalue weighted by molar-refractivity contribution is 5.14. The van der Waals surface area contributed by atoms with Gasteiger partial charge in [-0.3, -0.25) is 4.90 Å². The zero-order chi connectivity index (χ0) is 11.8. The first kappa shape index (κ1) is 11.6. The minimum absolute atomic E-state index is 0.0288. The largest absolute Gasteiger partial charge is 0.361 e. The Balaban J connectivity index is 2.12. The van der Waals surface area contributed by atoms with E-state index in [1.54, 1.807) is 0 Å². The number of hydrogen-bond donors (Lipinski definition) is 0. The fraction of sp³-hybridized carbons (Fsp3) is 0.750. The van der Waals surface area contributed by atoms with Crippen molar-refractivity contribution in [1.82, 2.24) is 15.0 Å². The van der Waals surface area contributed by atoms with Gasteiger partial charge in [0.2, 0.25) is 0 Å². The molecule has 0 saturated carbocycles. The monoisotopic (exact) mass is 223 g/mol. The third-order valence-electron chi connectivity index (χ3n) is 3.55. The second-order valence-electron chi connectivity index (χ2n) is 5.17. The van der Waals surface area contributed by atoms with Gasteiger partial charge in [0.15, 0.2) is 0 Å². The summed E-state index contributed by atoms with van der Waals surface area (Å²) in [6.07, 6.45) is 0. The molecule has 0 radical (unpaired) electrons. The Labute approximate surface area is 97.2 Å². The second kappa shape index (κ2) is 4.18. The van der Waals surface area contributed by atoms with E-state index < -0.39 is 0 Å². The van der Waals surface area contributed by atoms with E-state index in [1.165, 1.54) is 0 Å². The lowest BCUT2D eigenvalue weighted by Crippen LogP contribution is -2.52. The number of aryl methyl sites for hydroxylation is 1. The van der Waals surface area contributed by atoms with Gasteiger partial charge in [0, 0.05) is 32.2 Å². The number of likely N-dealkylation sites (N-methyl/N-ethyl adjacent to an activating group) is 1. The molecular weight excluding hydrogens is 202 g/mol. The Morgan fingerprint density at radius 2 is 1.88 bits per heavy atom. The molecule has 0 unspecified atom stereocenters. The lowest BCUT2D eigenvalue weighted by atomic mass is 9.97. The van der Waals surface area contributed by atoms with Crippen LogP contribution >= 0.6 is 0 Å². The zero-order valence-electron chi connectivity index (χ0n) is 10.7. The molecule has 0 atom stereocenters. The molecule has 1 aromatic rings. The van der Waals surface area contributed by atoms with Gasteiger partial charge in [0.1, 0.15) is 11.5 Å². The summed E-state index contributed by atoms with van der Waals surface area (Å²) in [6, 6.07) is 2.04. The maximum Gasteiger partial charge on any atom is 0.134 e. The molecule has 0 aliphatic carbocycles. The Kier molecular flexibility index (Phi) is 3.04. The van der Waals surface area contributed by atoms with E-state index in [1.807, 2.05) is 13.0 Å². The summed E-state index contributed by atoms with van der Waals surface area (Å²) in [5, 5.41) is 4.15. The number of piperazine rings is 1. The summed E-state index contributed by atoms with van der Waals surface area (Å²) in [4.78, 5) is 4.84. The third kappa shape index (κ3) is 2.13. The molecule has 0 bridgehead atoms. The molecule has 2 heterocycles. The van der Waals surface area contributed by atoms with Gasteiger partial charge in [0.05, 0.1) is 5.54 Å². The smallest absolute Gasteiger partial charge is 0.134 e. The van der Waals surface area contributed by atoms with E-state index in [0.717, 1.165) is 37.6 Å². The summed E-state index contributed by atoms with van der Waals surface area (Å²) < 4.78 is 5.18. The number of aromatic nitrogens is 1. The zero-order valence-corrected chi connectivity index (χ0v) is 10.7. The van der Waals surface area contributed by atoms with Crippen LogP contribution in [0, 0.1) is 6.92 Å². The first-order valence-electron chi connectivity index (χ1n) is 5.87. The molecule has 1 fully saturated rings. The van der Waals surface area contributed by atoms with E-state index in [0.29, 0.717) is 0 Å². The van der Waals surface area contributed by atoms with Crippen LogP contribution < -0.4 is 0 Å². The lowest BCUT2D eigenvalue weighted by molar-refractivity contribution is 0.0559. The van der Waals surface area contributed by atoms with Crippen LogP contribution in [0.2, 0.25) is 0 Å². The molecule has 90 valence electrons. The summed E-state index contributed by atoms with van der Waals surface area (Å²) in [7, 11) is 2.17. The van der Waals surface area contributed by atoms with Crippen molar-refractivity contribution in [2.45, 2.75) is 26.3 Å². The molecule has 4 nitrogen and oxygen atoms in total. The van der Waals surface area contributed by atoms with Gasteiger partial charge in [-0.25, -0.2) is 0 Å². The first-order valence-corrected chi connectivity index (χ1v) is 5.87. The fourth-order valence-electron chi connectivity index (χ4n) is 2.18. The highest BCUT2D eigenvalue weighted by atomic mass is 16.5. The first-order chi connectivity index (χ1) is 7.50. The van der Waals surface area contributed by atoms with Crippen LogP contribution in [0.3, 0.4) is 0 Å². The predicted molar refractivity (Wildman–Crippen MR) is 63.3 cm³/mol. The van der Waals surface area contributed by atoms with Crippen molar-refractivity contribution in [2.24, 2.45) is 0 Å². The number of hydrogen-bond acceptors (Lipinski definition) is 4.